The molecule has 7 heteroatoms. The molecular formula is C35H33NO6. The summed E-state index contributed by atoms with van der Waals surface area (Å²) in [6.45, 7) is 3.29. The van der Waals surface area contributed by atoms with Crippen LogP contribution in [0.1, 0.15) is 33.9 Å². The molecule has 0 radical (unpaired) electrons. The Bertz CT molecular complexity index is 1560. The third-order valence-electron chi connectivity index (χ3n) is 7.14. The second-order valence-corrected chi connectivity index (χ2v) is 10.1. The van der Waals surface area contributed by atoms with E-state index in [1.54, 1.807) is 36.4 Å². The Hall–Kier alpha value is -4.88. The van der Waals surface area contributed by atoms with Crippen LogP contribution >= 0.6 is 0 Å². The summed E-state index contributed by atoms with van der Waals surface area (Å²) in [7, 11) is 1.53. The number of carbonyl (C=O) groups is 2. The lowest BCUT2D eigenvalue weighted by atomic mass is 9.95. The van der Waals surface area contributed by atoms with E-state index < -0.39 is 17.7 Å². The molecule has 1 N–H and O–H groups in total. The van der Waals surface area contributed by atoms with Gasteiger partial charge in [0.2, 0.25) is 0 Å². The largest absolute Gasteiger partial charge is 0.507 e. The number of likely N-dealkylation sites (tertiary alicyclic amines) is 1. The number of ketones is 1. The molecular weight excluding hydrogens is 530 g/mol. The fourth-order valence-corrected chi connectivity index (χ4v) is 4.97. The molecule has 1 heterocycles. The molecule has 1 unspecified atom stereocenters. The molecule has 1 fully saturated rings. The maximum absolute atomic E-state index is 13.3. The minimum absolute atomic E-state index is 0.0301. The van der Waals surface area contributed by atoms with Crippen LogP contribution in [0.25, 0.3) is 5.76 Å². The second kappa shape index (κ2) is 13.2. The molecule has 4 aromatic rings. The first-order valence-electron chi connectivity index (χ1n) is 13.8. The van der Waals surface area contributed by atoms with Gasteiger partial charge in [0.15, 0.2) is 0 Å². The highest BCUT2D eigenvalue weighted by Gasteiger charge is 2.45. The molecule has 42 heavy (non-hydrogen) atoms. The van der Waals surface area contributed by atoms with Crippen molar-refractivity contribution >= 4 is 17.4 Å². The van der Waals surface area contributed by atoms with E-state index >= 15 is 0 Å². The Morgan fingerprint density at radius 1 is 0.786 bits per heavy atom. The van der Waals surface area contributed by atoms with Gasteiger partial charge in [0, 0.05) is 19.2 Å². The molecule has 4 aromatic carbocycles. The van der Waals surface area contributed by atoms with E-state index in [0.717, 1.165) is 16.7 Å². The Kier molecular flexibility index (Phi) is 8.99. The van der Waals surface area contributed by atoms with Crippen molar-refractivity contribution in [1.82, 2.24) is 4.90 Å². The molecule has 0 saturated carbocycles. The Labute approximate surface area is 245 Å². The highest BCUT2D eigenvalue weighted by Crippen LogP contribution is 2.40. The van der Waals surface area contributed by atoms with Gasteiger partial charge in [-0.25, -0.2) is 0 Å². The fourth-order valence-electron chi connectivity index (χ4n) is 4.97. The number of methoxy groups -OCH3 is 1. The molecule has 0 spiro atoms. The van der Waals surface area contributed by atoms with Crippen molar-refractivity contribution in [3.05, 3.63) is 137 Å². The van der Waals surface area contributed by atoms with Crippen LogP contribution in [0.2, 0.25) is 0 Å². The number of amides is 1. The van der Waals surface area contributed by atoms with E-state index in [-0.39, 0.29) is 24.5 Å². The van der Waals surface area contributed by atoms with Crippen molar-refractivity contribution in [3.8, 4) is 11.5 Å². The second-order valence-electron chi connectivity index (χ2n) is 10.1. The van der Waals surface area contributed by atoms with Gasteiger partial charge in [0.05, 0.1) is 18.2 Å². The number of ether oxygens (including phenoxy) is 3. The average molecular weight is 564 g/mol. The Morgan fingerprint density at radius 2 is 1.40 bits per heavy atom. The molecule has 1 atom stereocenters. The van der Waals surface area contributed by atoms with E-state index in [4.69, 9.17) is 14.2 Å². The van der Waals surface area contributed by atoms with Crippen molar-refractivity contribution < 1.29 is 28.9 Å². The predicted octanol–water partition coefficient (Wildman–Crippen LogP) is 6.22. The quantitative estimate of drug-likeness (QED) is 0.132. The number of nitrogens with zero attached hydrogens (tertiary/aromatic N) is 1. The van der Waals surface area contributed by atoms with Crippen LogP contribution in [-0.4, -0.2) is 42.0 Å². The highest BCUT2D eigenvalue weighted by atomic mass is 16.5. The minimum Gasteiger partial charge on any atom is -0.507 e. The van der Waals surface area contributed by atoms with Gasteiger partial charge in [-0.1, -0.05) is 72.3 Å². The predicted molar refractivity (Wildman–Crippen MR) is 160 cm³/mol. The number of carbonyl (C=O) groups excluding carboxylic acids is 2. The zero-order chi connectivity index (χ0) is 29.5. The third-order valence-corrected chi connectivity index (χ3v) is 7.14. The molecule has 1 aliphatic rings. The van der Waals surface area contributed by atoms with Crippen molar-refractivity contribution in [1.29, 1.82) is 0 Å². The van der Waals surface area contributed by atoms with Gasteiger partial charge < -0.3 is 24.2 Å². The van der Waals surface area contributed by atoms with Gasteiger partial charge in [-0.2, -0.15) is 0 Å². The summed E-state index contributed by atoms with van der Waals surface area (Å²) in [6, 6.07) is 31.2. The van der Waals surface area contributed by atoms with Crippen LogP contribution in [0.5, 0.6) is 11.5 Å². The lowest BCUT2D eigenvalue weighted by Gasteiger charge is -2.25. The Morgan fingerprint density at radius 3 is 2.05 bits per heavy atom. The summed E-state index contributed by atoms with van der Waals surface area (Å²) in [4.78, 5) is 27.8. The number of aryl methyl sites for hydroxylation is 1. The first-order valence-corrected chi connectivity index (χ1v) is 13.8. The molecule has 0 aliphatic carbocycles. The summed E-state index contributed by atoms with van der Waals surface area (Å²) >= 11 is 0. The summed E-state index contributed by atoms with van der Waals surface area (Å²) in [5, 5.41) is 11.4. The fraction of sp³-hybridized carbons (Fsp3) is 0.200. The molecule has 214 valence electrons. The normalized spacial score (nSPS) is 16.0. The van der Waals surface area contributed by atoms with Crippen molar-refractivity contribution in [2.75, 3.05) is 20.3 Å². The topological polar surface area (TPSA) is 85.3 Å². The van der Waals surface area contributed by atoms with E-state index in [1.807, 2.05) is 67.6 Å². The monoisotopic (exact) mass is 563 g/mol. The number of aliphatic hydroxyl groups excluding tert-OH is 1. The van der Waals surface area contributed by atoms with E-state index in [2.05, 4.69) is 6.07 Å². The van der Waals surface area contributed by atoms with Crippen LogP contribution in [0.15, 0.2) is 109 Å². The Balaban J connectivity index is 1.39. The molecule has 1 aliphatic heterocycles. The van der Waals surface area contributed by atoms with Crippen molar-refractivity contribution in [3.63, 3.8) is 0 Å². The van der Waals surface area contributed by atoms with Crippen LogP contribution in [0.3, 0.4) is 0 Å². The summed E-state index contributed by atoms with van der Waals surface area (Å²) in [5.41, 5.74) is 4.37. The number of hydrogen-bond donors (Lipinski definition) is 1. The van der Waals surface area contributed by atoms with E-state index in [1.165, 1.54) is 12.0 Å². The lowest BCUT2D eigenvalue weighted by molar-refractivity contribution is -0.140. The molecule has 5 rings (SSSR count). The van der Waals surface area contributed by atoms with Gasteiger partial charge in [0.1, 0.15) is 30.5 Å². The number of aliphatic hydroxyl groups is 1. The number of rotatable bonds is 11. The van der Waals surface area contributed by atoms with Crippen molar-refractivity contribution in [2.24, 2.45) is 0 Å². The molecule has 0 bridgehead atoms. The smallest absolute Gasteiger partial charge is 0.295 e. The van der Waals surface area contributed by atoms with Gasteiger partial charge in [0.25, 0.3) is 11.7 Å². The first-order chi connectivity index (χ1) is 20.4. The summed E-state index contributed by atoms with van der Waals surface area (Å²) in [6.07, 6.45) is 0. The zero-order valence-electron chi connectivity index (χ0n) is 23.7. The summed E-state index contributed by atoms with van der Waals surface area (Å²) < 4.78 is 17.0. The standard InChI is InChI=1S/C35H33NO6/c1-24-7-6-10-26(21-24)23-42-30-17-13-28(14-18-30)33(37)31-32(36(19-20-40-2)35(39)34(31)38)27-11-15-29(16-12-27)41-22-25-8-4-3-5-9-25/h3-18,21,32,37H,19-20,22-23H2,1-2H3/b33-31+. The van der Waals surface area contributed by atoms with E-state index in [9.17, 15) is 14.7 Å². The van der Waals surface area contributed by atoms with Crippen LogP contribution < -0.4 is 9.47 Å². The highest BCUT2D eigenvalue weighted by molar-refractivity contribution is 6.46. The maximum atomic E-state index is 13.3. The molecule has 7 nitrogen and oxygen atoms in total. The van der Waals surface area contributed by atoms with Crippen molar-refractivity contribution in [2.45, 2.75) is 26.2 Å². The van der Waals surface area contributed by atoms with Gasteiger partial charge in [-0.15, -0.1) is 0 Å². The summed E-state index contributed by atoms with van der Waals surface area (Å²) in [5.74, 6) is -0.388. The van der Waals surface area contributed by atoms with Gasteiger partial charge in [-0.3, -0.25) is 9.59 Å². The number of hydrogen-bond acceptors (Lipinski definition) is 6. The molecule has 1 saturated heterocycles. The zero-order valence-corrected chi connectivity index (χ0v) is 23.7. The van der Waals surface area contributed by atoms with Crippen LogP contribution in [0.4, 0.5) is 0 Å². The van der Waals surface area contributed by atoms with Crippen LogP contribution in [0, 0.1) is 6.92 Å². The van der Waals surface area contributed by atoms with Gasteiger partial charge in [-0.05, 0) is 60.0 Å². The lowest BCUT2D eigenvalue weighted by Crippen LogP contribution is -2.32. The molecule has 0 aromatic heterocycles. The van der Waals surface area contributed by atoms with Gasteiger partial charge >= 0.3 is 0 Å². The third kappa shape index (κ3) is 6.53. The van der Waals surface area contributed by atoms with E-state index in [0.29, 0.717) is 35.8 Å². The molecule has 1 amide bonds. The minimum atomic E-state index is -0.777. The number of Topliss-reactive ketones (excluding diaryl/α,β-unsaturated/α-hetero) is 1. The average Bonchev–Trinajstić information content (AvgIpc) is 3.27. The SMILES string of the molecule is COCCN1C(=O)C(=O)/C(=C(/O)c2ccc(OCc3cccc(C)c3)cc2)C1c1ccc(OCc2ccccc2)cc1. The number of benzene rings is 4. The first kappa shape index (κ1) is 28.6. The van der Waals surface area contributed by atoms with Crippen LogP contribution in [-0.2, 0) is 27.5 Å². The maximum Gasteiger partial charge on any atom is 0.295 e.